The molecule has 0 atom stereocenters. The third-order valence-corrected chi connectivity index (χ3v) is 4.04. The fourth-order valence-corrected chi connectivity index (χ4v) is 2.94. The predicted octanol–water partition coefficient (Wildman–Crippen LogP) is 3.48. The lowest BCUT2D eigenvalue weighted by Gasteiger charge is -2.20. The molecule has 1 aliphatic heterocycles. The number of hydrogen-bond acceptors (Lipinski definition) is 3. The minimum Gasteiger partial charge on any atom is -0.497 e. The smallest absolute Gasteiger partial charge is 0.155 e. The molecule has 1 heterocycles. The van der Waals surface area contributed by atoms with E-state index < -0.39 is 0 Å². The number of methoxy groups -OCH3 is 1. The van der Waals surface area contributed by atoms with E-state index in [1.54, 1.807) is 7.11 Å². The summed E-state index contributed by atoms with van der Waals surface area (Å²) in [5, 5.41) is 0. The molecule has 0 N–H and O–H groups in total. The molecule has 0 bridgehead atoms. The molecule has 1 aromatic rings. The monoisotopic (exact) mass is 256 g/mol. The van der Waals surface area contributed by atoms with Gasteiger partial charge in [0.2, 0.25) is 0 Å². The number of amidine groups is 1. The van der Waals surface area contributed by atoms with Crippen LogP contribution in [0.1, 0.15) is 37.7 Å². The average molecular weight is 256 g/mol. The number of benzene rings is 1. The van der Waals surface area contributed by atoms with Crippen molar-refractivity contribution in [2.24, 2.45) is 15.9 Å². The van der Waals surface area contributed by atoms with E-state index in [1.165, 1.54) is 37.8 Å². The van der Waals surface area contributed by atoms with Crippen molar-refractivity contribution in [1.29, 1.82) is 0 Å². The molecule has 0 amide bonds. The SMILES string of the molecule is COc1cccc(C2=NCC(C3CCCCC3)=N2)c1. The molecule has 0 spiro atoms. The maximum Gasteiger partial charge on any atom is 0.155 e. The Balaban J connectivity index is 1.77. The normalized spacial score (nSPS) is 20.1. The average Bonchev–Trinajstić information content (AvgIpc) is 2.98. The van der Waals surface area contributed by atoms with Crippen LogP contribution in [-0.2, 0) is 0 Å². The topological polar surface area (TPSA) is 34.0 Å². The van der Waals surface area contributed by atoms with E-state index in [2.05, 4.69) is 11.1 Å². The second-order valence-corrected chi connectivity index (χ2v) is 5.31. The molecular formula is C16H20N2O. The Kier molecular flexibility index (Phi) is 3.62. The Morgan fingerprint density at radius 2 is 2.00 bits per heavy atom. The van der Waals surface area contributed by atoms with Gasteiger partial charge in [-0.2, -0.15) is 0 Å². The molecule has 1 aromatic carbocycles. The van der Waals surface area contributed by atoms with Gasteiger partial charge in [-0.25, -0.2) is 4.99 Å². The Morgan fingerprint density at radius 1 is 1.16 bits per heavy atom. The maximum absolute atomic E-state index is 5.25. The Labute approximate surface area is 114 Å². The van der Waals surface area contributed by atoms with Crippen LogP contribution >= 0.6 is 0 Å². The van der Waals surface area contributed by atoms with Crippen LogP contribution < -0.4 is 4.74 Å². The van der Waals surface area contributed by atoms with Gasteiger partial charge in [0, 0.05) is 11.3 Å². The number of nitrogens with zero attached hydrogens (tertiary/aromatic N) is 2. The fraction of sp³-hybridized carbons (Fsp3) is 0.500. The van der Waals surface area contributed by atoms with Crippen molar-refractivity contribution in [1.82, 2.24) is 0 Å². The highest BCUT2D eigenvalue weighted by Gasteiger charge is 2.22. The zero-order valence-corrected chi connectivity index (χ0v) is 11.4. The Bertz CT molecular complexity index is 513. The number of rotatable bonds is 3. The molecule has 1 aliphatic carbocycles. The summed E-state index contributed by atoms with van der Waals surface area (Å²) < 4.78 is 5.25. The van der Waals surface area contributed by atoms with E-state index >= 15 is 0 Å². The quantitative estimate of drug-likeness (QED) is 0.815. The molecule has 1 saturated carbocycles. The first kappa shape index (κ1) is 12.4. The van der Waals surface area contributed by atoms with Gasteiger partial charge in [0.25, 0.3) is 0 Å². The lowest BCUT2D eigenvalue weighted by Crippen LogP contribution is -2.18. The first-order valence-corrected chi connectivity index (χ1v) is 7.13. The molecule has 19 heavy (non-hydrogen) atoms. The summed E-state index contributed by atoms with van der Waals surface area (Å²) in [5.41, 5.74) is 2.35. The number of ether oxygens (including phenoxy) is 1. The molecule has 3 heteroatoms. The van der Waals surface area contributed by atoms with Gasteiger partial charge in [-0.15, -0.1) is 0 Å². The second kappa shape index (κ2) is 5.55. The van der Waals surface area contributed by atoms with Crippen LogP contribution in [-0.4, -0.2) is 25.2 Å². The molecule has 3 rings (SSSR count). The van der Waals surface area contributed by atoms with Crippen molar-refractivity contribution >= 4 is 11.5 Å². The summed E-state index contributed by atoms with van der Waals surface area (Å²) in [6.07, 6.45) is 6.66. The molecule has 0 saturated heterocycles. The molecule has 100 valence electrons. The third kappa shape index (κ3) is 2.70. The van der Waals surface area contributed by atoms with Crippen LogP contribution in [0.4, 0.5) is 0 Å². The summed E-state index contributed by atoms with van der Waals surface area (Å²) >= 11 is 0. The molecule has 1 fully saturated rings. The van der Waals surface area contributed by atoms with E-state index in [9.17, 15) is 0 Å². The Morgan fingerprint density at radius 3 is 2.79 bits per heavy atom. The van der Waals surface area contributed by atoms with E-state index in [0.29, 0.717) is 5.92 Å². The highest BCUT2D eigenvalue weighted by Crippen LogP contribution is 2.27. The summed E-state index contributed by atoms with van der Waals surface area (Å²) in [5.74, 6) is 2.40. The van der Waals surface area contributed by atoms with Crippen LogP contribution in [0.2, 0.25) is 0 Å². The van der Waals surface area contributed by atoms with Gasteiger partial charge in [0.1, 0.15) is 5.75 Å². The van der Waals surface area contributed by atoms with E-state index in [0.717, 1.165) is 23.7 Å². The second-order valence-electron chi connectivity index (χ2n) is 5.31. The van der Waals surface area contributed by atoms with Crippen molar-refractivity contribution in [3.05, 3.63) is 29.8 Å². The maximum atomic E-state index is 5.25. The van der Waals surface area contributed by atoms with E-state index in [1.807, 2.05) is 18.2 Å². The number of aliphatic imine (C=N–C) groups is 2. The summed E-state index contributed by atoms with van der Waals surface area (Å²) in [6.45, 7) is 0.789. The first-order valence-electron chi connectivity index (χ1n) is 7.13. The van der Waals surface area contributed by atoms with Crippen molar-refractivity contribution in [2.45, 2.75) is 32.1 Å². The van der Waals surface area contributed by atoms with Crippen molar-refractivity contribution in [3.8, 4) is 5.75 Å². The minimum atomic E-state index is 0.667. The largest absolute Gasteiger partial charge is 0.497 e. The highest BCUT2D eigenvalue weighted by molar-refractivity contribution is 6.12. The van der Waals surface area contributed by atoms with Gasteiger partial charge in [-0.3, -0.25) is 4.99 Å². The van der Waals surface area contributed by atoms with E-state index in [4.69, 9.17) is 9.73 Å². The fourth-order valence-electron chi connectivity index (χ4n) is 2.94. The predicted molar refractivity (Wildman–Crippen MR) is 78.4 cm³/mol. The van der Waals surface area contributed by atoms with Crippen molar-refractivity contribution < 1.29 is 4.74 Å². The van der Waals surface area contributed by atoms with Crippen LogP contribution in [0, 0.1) is 5.92 Å². The van der Waals surface area contributed by atoms with Crippen LogP contribution in [0.5, 0.6) is 5.75 Å². The molecule has 0 unspecified atom stereocenters. The molecular weight excluding hydrogens is 236 g/mol. The standard InChI is InChI=1S/C16H20N2O/c1-19-14-9-5-8-13(10-14)16-17-11-15(18-16)12-6-3-2-4-7-12/h5,8-10,12H,2-4,6-7,11H2,1H3. The highest BCUT2D eigenvalue weighted by atomic mass is 16.5. The van der Waals surface area contributed by atoms with Gasteiger partial charge < -0.3 is 4.74 Å². The van der Waals surface area contributed by atoms with Crippen molar-refractivity contribution in [3.63, 3.8) is 0 Å². The van der Waals surface area contributed by atoms with Crippen molar-refractivity contribution in [2.75, 3.05) is 13.7 Å². The molecule has 0 radical (unpaired) electrons. The Hall–Kier alpha value is -1.64. The van der Waals surface area contributed by atoms with Gasteiger partial charge in [0.05, 0.1) is 13.7 Å². The van der Waals surface area contributed by atoms with Gasteiger partial charge in [-0.05, 0) is 30.9 Å². The van der Waals surface area contributed by atoms with Crippen LogP contribution in [0.15, 0.2) is 34.3 Å². The van der Waals surface area contributed by atoms with Gasteiger partial charge in [0.15, 0.2) is 5.84 Å². The summed E-state index contributed by atoms with van der Waals surface area (Å²) in [7, 11) is 1.69. The zero-order valence-electron chi connectivity index (χ0n) is 11.4. The lowest BCUT2D eigenvalue weighted by molar-refractivity contribution is 0.414. The number of hydrogen-bond donors (Lipinski definition) is 0. The van der Waals surface area contributed by atoms with Crippen LogP contribution in [0.3, 0.4) is 0 Å². The minimum absolute atomic E-state index is 0.667. The zero-order chi connectivity index (χ0) is 13.1. The van der Waals surface area contributed by atoms with Crippen LogP contribution in [0.25, 0.3) is 0 Å². The molecule has 2 aliphatic rings. The van der Waals surface area contributed by atoms with E-state index in [-0.39, 0.29) is 0 Å². The van der Waals surface area contributed by atoms with Gasteiger partial charge >= 0.3 is 0 Å². The summed E-state index contributed by atoms with van der Waals surface area (Å²) in [6, 6.07) is 8.00. The summed E-state index contributed by atoms with van der Waals surface area (Å²) in [4.78, 5) is 9.36. The first-order chi connectivity index (χ1) is 9.36. The molecule has 0 aromatic heterocycles. The lowest BCUT2D eigenvalue weighted by atomic mass is 9.86. The van der Waals surface area contributed by atoms with Gasteiger partial charge in [-0.1, -0.05) is 31.4 Å². The third-order valence-electron chi connectivity index (χ3n) is 4.04. The molecule has 3 nitrogen and oxygen atoms in total.